The third kappa shape index (κ3) is 3.53. The molecule has 104 valence electrons. The molecule has 1 saturated heterocycles. The minimum atomic E-state index is 0.0818. The average Bonchev–Trinajstić information content (AvgIpc) is 2.41. The lowest BCUT2D eigenvalue weighted by Gasteiger charge is -2.32. The largest absolute Gasteiger partial charge is 0.359 e. The van der Waals surface area contributed by atoms with E-state index in [1.807, 2.05) is 19.2 Å². The van der Waals surface area contributed by atoms with Crippen LogP contribution in [0.5, 0.6) is 0 Å². The summed E-state index contributed by atoms with van der Waals surface area (Å²) in [6, 6.07) is 3.68. The van der Waals surface area contributed by atoms with Crippen LogP contribution >= 0.6 is 0 Å². The van der Waals surface area contributed by atoms with E-state index in [0.29, 0.717) is 5.92 Å². The Morgan fingerprint density at radius 2 is 2.16 bits per heavy atom. The zero-order valence-electron chi connectivity index (χ0n) is 12.1. The Bertz CT molecular complexity index is 439. The van der Waals surface area contributed by atoms with Crippen LogP contribution in [0.4, 0.5) is 5.82 Å². The number of aromatic nitrogens is 1. The van der Waals surface area contributed by atoms with Gasteiger partial charge in [0.1, 0.15) is 5.82 Å². The number of ketones is 1. The molecule has 19 heavy (non-hydrogen) atoms. The maximum absolute atomic E-state index is 11.6. The summed E-state index contributed by atoms with van der Waals surface area (Å²) in [5.41, 5.74) is 0.720. The zero-order chi connectivity index (χ0) is 13.8. The lowest BCUT2D eigenvalue weighted by atomic mass is 9.96. The maximum Gasteiger partial charge on any atom is 0.163 e. The molecule has 0 unspecified atom stereocenters. The summed E-state index contributed by atoms with van der Waals surface area (Å²) in [7, 11) is 4.21. The van der Waals surface area contributed by atoms with Crippen LogP contribution in [-0.4, -0.2) is 49.4 Å². The predicted octanol–water partition coefficient (Wildman–Crippen LogP) is 2.06. The number of carbonyl (C=O) groups excluding carboxylic acids is 1. The van der Waals surface area contributed by atoms with Gasteiger partial charge >= 0.3 is 0 Å². The van der Waals surface area contributed by atoms with E-state index < -0.39 is 0 Å². The minimum absolute atomic E-state index is 0.0818. The highest BCUT2D eigenvalue weighted by molar-refractivity contribution is 5.98. The van der Waals surface area contributed by atoms with Crippen molar-refractivity contribution in [3.63, 3.8) is 0 Å². The van der Waals surface area contributed by atoms with Crippen LogP contribution in [-0.2, 0) is 0 Å². The van der Waals surface area contributed by atoms with Crippen molar-refractivity contribution in [2.24, 2.45) is 5.92 Å². The number of hydrogen-bond acceptors (Lipinski definition) is 4. The Morgan fingerprint density at radius 3 is 2.79 bits per heavy atom. The molecule has 0 saturated carbocycles. The van der Waals surface area contributed by atoms with Gasteiger partial charge in [-0.3, -0.25) is 4.79 Å². The second-order valence-electron chi connectivity index (χ2n) is 5.56. The second-order valence-corrected chi connectivity index (χ2v) is 5.56. The quantitative estimate of drug-likeness (QED) is 0.777. The van der Waals surface area contributed by atoms with Crippen molar-refractivity contribution < 1.29 is 4.79 Å². The van der Waals surface area contributed by atoms with E-state index >= 15 is 0 Å². The summed E-state index contributed by atoms with van der Waals surface area (Å²) in [5.74, 6) is 1.59. The van der Waals surface area contributed by atoms with Crippen molar-refractivity contribution in [2.75, 3.05) is 38.6 Å². The first-order chi connectivity index (χ1) is 9.08. The molecule has 0 atom stereocenters. The van der Waals surface area contributed by atoms with E-state index in [1.54, 1.807) is 13.1 Å². The van der Waals surface area contributed by atoms with Gasteiger partial charge in [0, 0.05) is 19.8 Å². The van der Waals surface area contributed by atoms with Gasteiger partial charge in [-0.2, -0.15) is 0 Å². The van der Waals surface area contributed by atoms with Crippen LogP contribution in [0, 0.1) is 5.92 Å². The van der Waals surface area contributed by atoms with Crippen molar-refractivity contribution in [3.05, 3.63) is 23.9 Å². The van der Waals surface area contributed by atoms with Gasteiger partial charge in [-0.1, -0.05) is 0 Å². The summed E-state index contributed by atoms with van der Waals surface area (Å²) < 4.78 is 0. The van der Waals surface area contributed by atoms with Gasteiger partial charge < -0.3 is 9.80 Å². The fourth-order valence-corrected chi connectivity index (χ4v) is 2.69. The molecule has 2 rings (SSSR count). The molecule has 1 aromatic heterocycles. The molecule has 4 nitrogen and oxygen atoms in total. The molecule has 0 N–H and O–H groups in total. The van der Waals surface area contributed by atoms with Crippen LogP contribution in [0.2, 0.25) is 0 Å². The zero-order valence-corrected chi connectivity index (χ0v) is 12.1. The van der Waals surface area contributed by atoms with Gasteiger partial charge in [-0.15, -0.1) is 0 Å². The van der Waals surface area contributed by atoms with Crippen molar-refractivity contribution in [1.29, 1.82) is 0 Å². The maximum atomic E-state index is 11.6. The molecular formula is C15H23N3O. The van der Waals surface area contributed by atoms with Crippen molar-refractivity contribution in [3.8, 4) is 0 Å². The van der Waals surface area contributed by atoms with E-state index in [9.17, 15) is 4.79 Å². The van der Waals surface area contributed by atoms with Gasteiger partial charge in [0.15, 0.2) is 5.78 Å². The Morgan fingerprint density at radius 1 is 1.47 bits per heavy atom. The van der Waals surface area contributed by atoms with Gasteiger partial charge in [0.25, 0.3) is 0 Å². The summed E-state index contributed by atoms with van der Waals surface area (Å²) in [5, 5.41) is 0. The highest BCUT2D eigenvalue weighted by atomic mass is 16.1. The molecule has 0 aromatic carbocycles. The van der Waals surface area contributed by atoms with Crippen molar-refractivity contribution in [1.82, 2.24) is 9.88 Å². The monoisotopic (exact) mass is 261 g/mol. The topological polar surface area (TPSA) is 36.4 Å². The van der Waals surface area contributed by atoms with Gasteiger partial charge in [0.2, 0.25) is 0 Å². The number of pyridine rings is 1. The first kappa shape index (κ1) is 14.0. The number of anilines is 1. The van der Waals surface area contributed by atoms with Gasteiger partial charge in [-0.25, -0.2) is 4.98 Å². The highest BCUT2D eigenvalue weighted by Gasteiger charge is 2.20. The summed E-state index contributed by atoms with van der Waals surface area (Å²) in [6.45, 7) is 4.91. The third-order valence-corrected chi connectivity index (χ3v) is 3.90. The van der Waals surface area contributed by atoms with Crippen LogP contribution in [0.15, 0.2) is 18.3 Å². The predicted molar refractivity (Wildman–Crippen MR) is 77.7 cm³/mol. The molecule has 0 spiro atoms. The van der Waals surface area contributed by atoms with Gasteiger partial charge in [-0.05, 0) is 58.0 Å². The normalized spacial score (nSPS) is 17.4. The van der Waals surface area contributed by atoms with E-state index in [-0.39, 0.29) is 5.78 Å². The van der Waals surface area contributed by atoms with Crippen molar-refractivity contribution >= 4 is 11.6 Å². The molecule has 2 heterocycles. The first-order valence-electron chi connectivity index (χ1n) is 6.93. The van der Waals surface area contributed by atoms with Gasteiger partial charge in [0.05, 0.1) is 5.56 Å². The molecule has 0 amide bonds. The van der Waals surface area contributed by atoms with Crippen molar-refractivity contribution in [2.45, 2.75) is 19.8 Å². The Balaban J connectivity index is 2.03. The SMILES string of the molecule is CC(=O)c1cccnc1N(C)CC1CCN(C)CC1. The number of carbonyl (C=O) groups is 1. The first-order valence-corrected chi connectivity index (χ1v) is 6.93. The Kier molecular flexibility index (Phi) is 4.53. The van der Waals surface area contributed by atoms with E-state index in [4.69, 9.17) is 0 Å². The summed E-state index contributed by atoms with van der Waals surface area (Å²) in [6.07, 6.45) is 4.21. The number of rotatable bonds is 4. The smallest absolute Gasteiger partial charge is 0.163 e. The number of Topliss-reactive ketones (excluding diaryl/α,β-unsaturated/α-hetero) is 1. The molecule has 0 radical (unpaired) electrons. The summed E-state index contributed by atoms with van der Waals surface area (Å²) >= 11 is 0. The molecule has 0 bridgehead atoms. The molecule has 1 aromatic rings. The van der Waals surface area contributed by atoms with E-state index in [1.165, 1.54) is 25.9 Å². The van der Waals surface area contributed by atoms with Crippen LogP contribution in [0.25, 0.3) is 0 Å². The van der Waals surface area contributed by atoms with E-state index in [2.05, 4.69) is 21.8 Å². The molecule has 1 aliphatic rings. The number of hydrogen-bond donors (Lipinski definition) is 0. The van der Waals surface area contributed by atoms with Crippen LogP contribution < -0.4 is 4.90 Å². The third-order valence-electron chi connectivity index (χ3n) is 3.90. The molecular weight excluding hydrogens is 238 g/mol. The average molecular weight is 261 g/mol. The Hall–Kier alpha value is -1.42. The second kappa shape index (κ2) is 6.15. The fraction of sp³-hybridized carbons (Fsp3) is 0.600. The lowest BCUT2D eigenvalue weighted by molar-refractivity contribution is 0.101. The highest BCUT2D eigenvalue weighted by Crippen LogP contribution is 2.22. The number of nitrogens with zero attached hydrogens (tertiary/aromatic N) is 3. The number of likely N-dealkylation sites (tertiary alicyclic amines) is 1. The standard InChI is InChI=1S/C15H23N3O/c1-12(19)14-5-4-8-16-15(14)18(3)11-13-6-9-17(2)10-7-13/h4-5,8,13H,6-7,9-11H2,1-3H3. The molecule has 0 aliphatic carbocycles. The molecule has 1 fully saturated rings. The number of piperidine rings is 1. The van der Waals surface area contributed by atoms with Crippen LogP contribution in [0.3, 0.4) is 0 Å². The molecule has 1 aliphatic heterocycles. The molecule has 4 heteroatoms. The summed E-state index contributed by atoms with van der Waals surface area (Å²) in [4.78, 5) is 20.5. The lowest BCUT2D eigenvalue weighted by Crippen LogP contribution is -2.36. The fourth-order valence-electron chi connectivity index (χ4n) is 2.69. The Labute approximate surface area is 115 Å². The van der Waals surface area contributed by atoms with Crippen LogP contribution in [0.1, 0.15) is 30.1 Å². The minimum Gasteiger partial charge on any atom is -0.359 e. The van der Waals surface area contributed by atoms with E-state index in [0.717, 1.165) is 17.9 Å².